The fourth-order valence-corrected chi connectivity index (χ4v) is 5.38. The van der Waals surface area contributed by atoms with E-state index in [9.17, 15) is 0 Å². The summed E-state index contributed by atoms with van der Waals surface area (Å²) >= 11 is 1.89. The number of aromatic nitrogens is 1. The molecule has 2 aromatic carbocycles. The molecule has 3 nitrogen and oxygen atoms in total. The van der Waals surface area contributed by atoms with Crippen LogP contribution in [0.25, 0.3) is 17.0 Å². The van der Waals surface area contributed by atoms with E-state index in [4.69, 9.17) is 0 Å². The van der Waals surface area contributed by atoms with Crippen molar-refractivity contribution in [2.75, 3.05) is 31.1 Å². The number of nitrogens with zero attached hydrogens (tertiary/aromatic N) is 3. The second kappa shape index (κ2) is 9.23. The van der Waals surface area contributed by atoms with Gasteiger partial charge >= 0.3 is 0 Å². The smallest absolute Gasteiger partial charge is 0.213 e. The lowest BCUT2D eigenvalue weighted by Gasteiger charge is -2.23. The molecule has 0 saturated carbocycles. The first kappa shape index (κ1) is 21.0. The number of pyridine rings is 1. The van der Waals surface area contributed by atoms with E-state index in [-0.39, 0.29) is 0 Å². The Balaban J connectivity index is 1.69. The van der Waals surface area contributed by atoms with Crippen LogP contribution in [-0.2, 0) is 7.05 Å². The third kappa shape index (κ3) is 4.12. The summed E-state index contributed by atoms with van der Waals surface area (Å²) in [4.78, 5) is 6.38. The molecule has 156 valence electrons. The summed E-state index contributed by atoms with van der Waals surface area (Å²) in [6.45, 7) is 11.1. The van der Waals surface area contributed by atoms with E-state index in [0.29, 0.717) is 0 Å². The Morgan fingerprint density at radius 3 is 2.57 bits per heavy atom. The van der Waals surface area contributed by atoms with E-state index in [0.717, 1.165) is 32.6 Å². The molecular weight excluding hydrogens is 386 g/mol. The van der Waals surface area contributed by atoms with E-state index < -0.39 is 0 Å². The molecule has 4 rings (SSSR count). The van der Waals surface area contributed by atoms with Gasteiger partial charge in [-0.1, -0.05) is 49.9 Å². The molecule has 0 amide bonds. The lowest BCUT2D eigenvalue weighted by atomic mass is 10.1. The third-order valence-electron chi connectivity index (χ3n) is 6.14. The number of hydrogen-bond acceptors (Lipinski definition) is 3. The van der Waals surface area contributed by atoms with Gasteiger partial charge in [-0.2, -0.15) is 4.57 Å². The van der Waals surface area contributed by atoms with Crippen LogP contribution in [0.5, 0.6) is 0 Å². The minimum atomic E-state index is 1.05. The van der Waals surface area contributed by atoms with Gasteiger partial charge in [0, 0.05) is 30.5 Å². The topological polar surface area (TPSA) is 10.4 Å². The molecule has 0 aliphatic carbocycles. The van der Waals surface area contributed by atoms with Gasteiger partial charge in [-0.3, -0.25) is 0 Å². The van der Waals surface area contributed by atoms with Crippen LogP contribution in [0.15, 0.2) is 64.5 Å². The summed E-state index contributed by atoms with van der Waals surface area (Å²) in [5.41, 5.74) is 5.19. The summed E-state index contributed by atoms with van der Waals surface area (Å²) in [6.07, 6.45) is 3.55. The largest absolute Gasteiger partial charge is 0.335 e. The number of anilines is 1. The highest BCUT2D eigenvalue weighted by molar-refractivity contribution is 8.03. The first-order chi connectivity index (χ1) is 14.6. The molecule has 3 aromatic rings. The Morgan fingerprint density at radius 1 is 1.03 bits per heavy atom. The second-order valence-electron chi connectivity index (χ2n) is 7.90. The van der Waals surface area contributed by atoms with E-state index in [1.807, 2.05) is 11.8 Å². The van der Waals surface area contributed by atoms with Crippen LogP contribution in [0, 0.1) is 6.92 Å². The molecule has 0 radical (unpaired) electrons. The molecule has 1 aliphatic rings. The fraction of sp³-hybridized carbons (Fsp3) is 0.346. The SMILES string of the molecule is CCN(CC)CCCN1/C(=C/c2cc(C)[n+](C)c3ccccc23)Sc2ccccc21. The highest BCUT2D eigenvalue weighted by Crippen LogP contribution is 2.46. The monoisotopic (exact) mass is 418 g/mol. The second-order valence-corrected chi connectivity index (χ2v) is 8.96. The number of aryl methyl sites for hydroxylation is 2. The first-order valence-corrected chi connectivity index (χ1v) is 11.8. The number of thioether (sulfide) groups is 1. The molecule has 0 saturated heterocycles. The highest BCUT2D eigenvalue weighted by Gasteiger charge is 2.25. The average Bonchev–Trinajstić information content (AvgIpc) is 3.12. The van der Waals surface area contributed by atoms with Crippen LogP contribution in [0.2, 0.25) is 0 Å². The minimum absolute atomic E-state index is 1.05. The van der Waals surface area contributed by atoms with Crippen molar-refractivity contribution in [2.45, 2.75) is 32.1 Å². The van der Waals surface area contributed by atoms with E-state index in [2.05, 4.69) is 103 Å². The van der Waals surface area contributed by atoms with E-state index in [1.165, 1.54) is 37.8 Å². The average molecular weight is 419 g/mol. The lowest BCUT2D eigenvalue weighted by Crippen LogP contribution is -2.33. The van der Waals surface area contributed by atoms with Gasteiger partial charge in [0.1, 0.15) is 7.05 Å². The first-order valence-electron chi connectivity index (χ1n) is 11.0. The van der Waals surface area contributed by atoms with Crippen LogP contribution in [0.4, 0.5) is 5.69 Å². The van der Waals surface area contributed by atoms with Gasteiger partial charge in [0.2, 0.25) is 5.52 Å². The van der Waals surface area contributed by atoms with Crippen molar-refractivity contribution in [1.82, 2.24) is 4.90 Å². The standard InChI is InChI=1S/C26H32N3S/c1-5-28(6-2)16-11-17-29-24-14-9-10-15-25(24)30-26(29)19-21-18-20(3)27(4)23-13-8-7-12-22(21)23/h7-10,12-15,18-19H,5-6,11,16-17H2,1-4H3/q+1. The van der Waals surface area contributed by atoms with Crippen molar-refractivity contribution in [1.29, 1.82) is 0 Å². The minimum Gasteiger partial charge on any atom is -0.335 e. The van der Waals surface area contributed by atoms with Gasteiger partial charge in [0.15, 0.2) is 5.69 Å². The Hall–Kier alpha value is -2.30. The maximum Gasteiger partial charge on any atom is 0.213 e. The summed E-state index contributed by atoms with van der Waals surface area (Å²) in [5, 5.41) is 2.63. The predicted molar refractivity (Wildman–Crippen MR) is 130 cm³/mol. The van der Waals surface area contributed by atoms with Crippen molar-refractivity contribution in [3.05, 3.63) is 70.9 Å². The number of fused-ring (bicyclic) bond motifs is 2. The Bertz CT molecular complexity index is 1070. The molecule has 0 N–H and O–H groups in total. The van der Waals surface area contributed by atoms with Crippen molar-refractivity contribution >= 4 is 34.4 Å². The maximum atomic E-state index is 2.51. The van der Waals surface area contributed by atoms with Crippen molar-refractivity contribution in [3.63, 3.8) is 0 Å². The predicted octanol–water partition coefficient (Wildman–Crippen LogP) is 5.62. The van der Waals surface area contributed by atoms with Crippen LogP contribution in [0.1, 0.15) is 31.5 Å². The normalized spacial score (nSPS) is 14.8. The van der Waals surface area contributed by atoms with Crippen LogP contribution < -0.4 is 9.47 Å². The van der Waals surface area contributed by atoms with Gasteiger partial charge in [0.05, 0.1) is 16.1 Å². The number of rotatable bonds is 7. The summed E-state index contributed by atoms with van der Waals surface area (Å²) in [7, 11) is 2.15. The number of benzene rings is 2. The Kier molecular flexibility index (Phi) is 6.45. The van der Waals surface area contributed by atoms with Gasteiger partial charge in [0.25, 0.3) is 0 Å². The van der Waals surface area contributed by atoms with Gasteiger partial charge in [-0.15, -0.1) is 0 Å². The summed E-state index contributed by atoms with van der Waals surface area (Å²) < 4.78 is 2.27. The third-order valence-corrected chi connectivity index (χ3v) is 7.25. The van der Waals surface area contributed by atoms with Crippen LogP contribution in [0.3, 0.4) is 0 Å². The molecule has 0 spiro atoms. The van der Waals surface area contributed by atoms with Crippen molar-refractivity contribution in [3.8, 4) is 0 Å². The Labute approximate surface area is 185 Å². The van der Waals surface area contributed by atoms with Crippen LogP contribution in [-0.4, -0.2) is 31.1 Å². The zero-order valence-corrected chi connectivity index (χ0v) is 19.4. The molecule has 0 unspecified atom stereocenters. The van der Waals surface area contributed by atoms with E-state index in [1.54, 1.807) is 0 Å². The quantitative estimate of drug-likeness (QED) is 0.462. The zero-order chi connectivity index (χ0) is 21.1. The molecular formula is C26H32N3S+. The molecule has 2 heterocycles. The van der Waals surface area contributed by atoms with Gasteiger partial charge in [-0.25, -0.2) is 0 Å². The van der Waals surface area contributed by atoms with E-state index >= 15 is 0 Å². The molecule has 0 atom stereocenters. The van der Waals surface area contributed by atoms with Crippen molar-refractivity contribution < 1.29 is 4.57 Å². The molecule has 1 aliphatic heterocycles. The maximum absolute atomic E-state index is 2.51. The van der Waals surface area contributed by atoms with Crippen molar-refractivity contribution in [2.24, 2.45) is 7.05 Å². The lowest BCUT2D eigenvalue weighted by molar-refractivity contribution is -0.651. The van der Waals surface area contributed by atoms with Crippen LogP contribution >= 0.6 is 11.8 Å². The molecule has 1 aromatic heterocycles. The summed E-state index contributed by atoms with van der Waals surface area (Å²) in [5.74, 6) is 0. The van der Waals surface area contributed by atoms with Gasteiger partial charge in [-0.05, 0) is 55.9 Å². The molecule has 0 bridgehead atoms. The molecule has 4 heteroatoms. The number of hydrogen-bond donors (Lipinski definition) is 0. The number of para-hydroxylation sites is 2. The summed E-state index contributed by atoms with van der Waals surface area (Å²) in [6, 6.07) is 19.8. The molecule has 0 fully saturated rings. The van der Waals surface area contributed by atoms with Gasteiger partial charge < -0.3 is 9.80 Å². The molecule has 30 heavy (non-hydrogen) atoms. The highest BCUT2D eigenvalue weighted by atomic mass is 32.2. The fourth-order valence-electron chi connectivity index (χ4n) is 4.24. The zero-order valence-electron chi connectivity index (χ0n) is 18.6. The Morgan fingerprint density at radius 2 is 1.77 bits per heavy atom.